The first-order chi connectivity index (χ1) is 17.8. The molecule has 0 aliphatic rings. The maximum Gasteiger partial charge on any atom is 0.573 e. The van der Waals surface area contributed by atoms with Crippen LogP contribution in [0.3, 0.4) is 0 Å². The molecule has 1 amide bonds. The maximum atomic E-state index is 15.1. The van der Waals surface area contributed by atoms with E-state index in [1.807, 2.05) is 6.92 Å². The first-order valence-electron chi connectivity index (χ1n) is 11.5. The van der Waals surface area contributed by atoms with Gasteiger partial charge in [0, 0.05) is 24.7 Å². The number of aryl methyl sites for hydroxylation is 2. The van der Waals surface area contributed by atoms with Gasteiger partial charge in [0.25, 0.3) is 0 Å². The van der Waals surface area contributed by atoms with Crippen LogP contribution in [0.1, 0.15) is 46.3 Å². The van der Waals surface area contributed by atoms with Crippen LogP contribution in [0.2, 0.25) is 0 Å². The van der Waals surface area contributed by atoms with Gasteiger partial charge in [0.05, 0.1) is 5.56 Å². The minimum Gasteiger partial charge on any atom is -0.406 e. The number of rotatable bonds is 9. The smallest absolute Gasteiger partial charge is 0.406 e. The molecule has 3 rings (SSSR count). The van der Waals surface area contributed by atoms with Crippen LogP contribution >= 0.6 is 0 Å². The van der Waals surface area contributed by atoms with Crippen molar-refractivity contribution >= 4 is 5.91 Å². The summed E-state index contributed by atoms with van der Waals surface area (Å²) >= 11 is 0. The Kier molecular flexibility index (Phi) is 9.03. The Morgan fingerprint density at radius 3 is 2.08 bits per heavy atom. The summed E-state index contributed by atoms with van der Waals surface area (Å²) in [6, 6.07) is 12.3. The van der Waals surface area contributed by atoms with Crippen molar-refractivity contribution in [3.8, 4) is 5.75 Å². The molecule has 0 saturated carbocycles. The SMILES string of the molecule is CNC(=O)C(NC(CCc1ccc(C(F)(F)F)cc1)c1ccc(OC(F)(F)F)cc1F)c1ccc(C)cc1. The predicted octanol–water partition coefficient (Wildman–Crippen LogP) is 6.80. The highest BCUT2D eigenvalue weighted by Crippen LogP contribution is 2.32. The van der Waals surface area contributed by atoms with E-state index in [4.69, 9.17) is 0 Å². The second kappa shape index (κ2) is 11.8. The number of alkyl halides is 6. The number of amides is 1. The van der Waals surface area contributed by atoms with Crippen molar-refractivity contribution in [2.24, 2.45) is 0 Å². The fourth-order valence-electron chi connectivity index (χ4n) is 3.92. The van der Waals surface area contributed by atoms with E-state index < -0.39 is 47.7 Å². The van der Waals surface area contributed by atoms with Gasteiger partial charge in [-0.25, -0.2) is 4.39 Å². The summed E-state index contributed by atoms with van der Waals surface area (Å²) in [6.45, 7) is 1.86. The van der Waals surface area contributed by atoms with Gasteiger partial charge in [-0.15, -0.1) is 13.2 Å². The van der Waals surface area contributed by atoms with E-state index in [9.17, 15) is 31.1 Å². The van der Waals surface area contributed by atoms with E-state index in [1.54, 1.807) is 24.3 Å². The van der Waals surface area contributed by atoms with Gasteiger partial charge in [-0.05, 0) is 49.1 Å². The topological polar surface area (TPSA) is 50.4 Å². The largest absolute Gasteiger partial charge is 0.573 e. The maximum absolute atomic E-state index is 15.1. The Morgan fingerprint density at radius 1 is 0.921 bits per heavy atom. The molecule has 4 nitrogen and oxygen atoms in total. The number of halogens is 7. The molecule has 0 aromatic heterocycles. The molecular weight excluding hydrogens is 517 g/mol. The Balaban J connectivity index is 1.93. The van der Waals surface area contributed by atoms with E-state index in [1.165, 1.54) is 19.2 Å². The number of likely N-dealkylation sites (N-methyl/N-ethyl adjacent to an activating group) is 1. The summed E-state index contributed by atoms with van der Waals surface area (Å²) in [5.74, 6) is -2.19. The van der Waals surface area contributed by atoms with E-state index in [0.717, 1.165) is 29.8 Å². The van der Waals surface area contributed by atoms with E-state index >= 15 is 4.39 Å². The molecule has 0 heterocycles. The van der Waals surface area contributed by atoms with E-state index in [-0.39, 0.29) is 18.4 Å². The zero-order chi connectivity index (χ0) is 28.1. The Hall–Kier alpha value is -3.60. The van der Waals surface area contributed by atoms with Crippen LogP contribution in [-0.4, -0.2) is 19.3 Å². The van der Waals surface area contributed by atoms with Crippen LogP contribution in [0, 0.1) is 12.7 Å². The van der Waals surface area contributed by atoms with Gasteiger partial charge in [0.1, 0.15) is 17.6 Å². The van der Waals surface area contributed by atoms with E-state index in [0.29, 0.717) is 17.2 Å². The fourth-order valence-corrected chi connectivity index (χ4v) is 3.92. The highest BCUT2D eigenvalue weighted by molar-refractivity contribution is 5.83. The molecular formula is C27H25F7N2O2. The van der Waals surface area contributed by atoms with Crippen LogP contribution in [0.5, 0.6) is 5.75 Å². The molecule has 0 aliphatic carbocycles. The predicted molar refractivity (Wildman–Crippen MR) is 127 cm³/mol. The Labute approximate surface area is 214 Å². The normalized spacial score (nSPS) is 13.6. The molecule has 11 heteroatoms. The second-order valence-electron chi connectivity index (χ2n) is 8.64. The third kappa shape index (κ3) is 7.95. The van der Waals surface area contributed by atoms with Crippen molar-refractivity contribution < 1.29 is 40.3 Å². The average molecular weight is 542 g/mol. The Bertz CT molecular complexity index is 1220. The fraction of sp³-hybridized carbons (Fsp3) is 0.296. The second-order valence-corrected chi connectivity index (χ2v) is 8.64. The lowest BCUT2D eigenvalue weighted by Crippen LogP contribution is -2.38. The van der Waals surface area contributed by atoms with Crippen LogP contribution < -0.4 is 15.4 Å². The molecule has 0 bridgehead atoms. The van der Waals surface area contributed by atoms with Crippen molar-refractivity contribution in [1.82, 2.24) is 10.6 Å². The highest BCUT2D eigenvalue weighted by Gasteiger charge is 2.32. The lowest BCUT2D eigenvalue weighted by Gasteiger charge is -2.26. The number of carbonyl (C=O) groups excluding carboxylic acids is 1. The molecule has 3 aromatic rings. The summed E-state index contributed by atoms with van der Waals surface area (Å²) in [4.78, 5) is 12.7. The molecule has 38 heavy (non-hydrogen) atoms. The van der Waals surface area contributed by atoms with Crippen molar-refractivity contribution in [3.05, 3.63) is 100 Å². The summed E-state index contributed by atoms with van der Waals surface area (Å²) in [6.07, 6.45) is -9.21. The monoisotopic (exact) mass is 542 g/mol. The van der Waals surface area contributed by atoms with Crippen LogP contribution in [0.4, 0.5) is 30.7 Å². The molecule has 0 fully saturated rings. The molecule has 2 unspecified atom stereocenters. The number of benzene rings is 3. The molecule has 0 radical (unpaired) electrons. The van der Waals surface area contributed by atoms with Crippen molar-refractivity contribution in [2.45, 2.75) is 44.4 Å². The van der Waals surface area contributed by atoms with Gasteiger partial charge in [-0.1, -0.05) is 48.0 Å². The Morgan fingerprint density at radius 2 is 1.55 bits per heavy atom. The lowest BCUT2D eigenvalue weighted by atomic mass is 9.95. The summed E-state index contributed by atoms with van der Waals surface area (Å²) < 4.78 is 95.3. The highest BCUT2D eigenvalue weighted by atomic mass is 19.4. The molecule has 204 valence electrons. The number of ether oxygens (including phenoxy) is 1. The van der Waals surface area contributed by atoms with Crippen LogP contribution in [0.25, 0.3) is 0 Å². The van der Waals surface area contributed by atoms with Gasteiger partial charge in [0.2, 0.25) is 5.91 Å². The standard InChI is InChI=1S/C27H25F7N2O2/c1-16-3-8-18(9-4-16)24(25(37)35-2)36-23(14-7-17-5-10-19(11-6-17)26(29,30)31)21-13-12-20(15-22(21)28)38-27(32,33)34/h3-6,8-13,15,23-24,36H,7,14H2,1-2H3,(H,35,37). The first-order valence-corrected chi connectivity index (χ1v) is 11.5. The average Bonchev–Trinajstić information content (AvgIpc) is 2.84. The minimum absolute atomic E-state index is 0.0348. The van der Waals surface area contributed by atoms with Crippen molar-refractivity contribution in [3.63, 3.8) is 0 Å². The van der Waals surface area contributed by atoms with Crippen LogP contribution in [-0.2, 0) is 17.4 Å². The molecule has 0 saturated heterocycles. The number of hydrogen-bond donors (Lipinski definition) is 2. The van der Waals surface area contributed by atoms with Crippen LogP contribution in [0.15, 0.2) is 66.7 Å². The van der Waals surface area contributed by atoms with Crippen molar-refractivity contribution in [2.75, 3.05) is 7.05 Å². The van der Waals surface area contributed by atoms with Crippen molar-refractivity contribution in [1.29, 1.82) is 0 Å². The minimum atomic E-state index is -5.01. The van der Waals surface area contributed by atoms with Gasteiger partial charge in [0.15, 0.2) is 0 Å². The zero-order valence-electron chi connectivity index (χ0n) is 20.4. The lowest BCUT2D eigenvalue weighted by molar-refractivity contribution is -0.274. The molecule has 2 N–H and O–H groups in total. The quantitative estimate of drug-likeness (QED) is 0.293. The first kappa shape index (κ1) is 29.0. The number of carbonyl (C=O) groups is 1. The summed E-state index contributed by atoms with van der Waals surface area (Å²) in [5, 5.41) is 5.61. The van der Waals surface area contributed by atoms with Gasteiger partial charge in [-0.3, -0.25) is 10.1 Å². The molecule has 3 aromatic carbocycles. The molecule has 2 atom stereocenters. The summed E-state index contributed by atoms with van der Waals surface area (Å²) in [7, 11) is 1.42. The third-order valence-electron chi connectivity index (χ3n) is 5.87. The third-order valence-corrected chi connectivity index (χ3v) is 5.87. The summed E-state index contributed by atoms with van der Waals surface area (Å²) in [5.41, 5.74) is 1.17. The number of hydrogen-bond acceptors (Lipinski definition) is 3. The zero-order valence-corrected chi connectivity index (χ0v) is 20.4. The molecule has 0 aliphatic heterocycles. The molecule has 0 spiro atoms. The van der Waals surface area contributed by atoms with E-state index in [2.05, 4.69) is 15.4 Å². The van der Waals surface area contributed by atoms with Gasteiger partial charge < -0.3 is 10.1 Å². The van der Waals surface area contributed by atoms with Gasteiger partial charge >= 0.3 is 12.5 Å². The van der Waals surface area contributed by atoms with Gasteiger partial charge in [-0.2, -0.15) is 13.2 Å². The number of nitrogens with one attached hydrogen (secondary N) is 2.